The fourth-order valence-corrected chi connectivity index (χ4v) is 7.76. The van der Waals surface area contributed by atoms with Crippen molar-refractivity contribution in [2.75, 3.05) is 66.4 Å². The normalized spacial score (nSPS) is 15.9. The van der Waals surface area contributed by atoms with Gasteiger partial charge in [0.2, 0.25) is 0 Å². The average molecular weight is 800 g/mol. The number of benzene rings is 2. The van der Waals surface area contributed by atoms with Gasteiger partial charge in [-0.25, -0.2) is 4.79 Å². The van der Waals surface area contributed by atoms with E-state index in [-0.39, 0.29) is 47.3 Å². The lowest BCUT2D eigenvalue weighted by Crippen LogP contribution is -2.48. The van der Waals surface area contributed by atoms with Crippen LogP contribution in [0, 0.1) is 13.8 Å². The van der Waals surface area contributed by atoms with E-state index in [1.165, 1.54) is 26.0 Å². The second-order valence-electron chi connectivity index (χ2n) is 12.2. The Bertz CT molecular complexity index is 1910. The number of aliphatic carboxylic acids is 1. The molecule has 0 radical (unpaired) electrons. The maximum Gasteiger partial charge on any atom is 0.380 e. The van der Waals surface area contributed by atoms with E-state index in [2.05, 4.69) is 5.32 Å². The smallest absolute Gasteiger partial charge is 0.380 e. The maximum atomic E-state index is 15.7. The van der Waals surface area contributed by atoms with Crippen molar-refractivity contribution < 1.29 is 59.9 Å². The third kappa shape index (κ3) is 8.95. The molecule has 0 atom stereocenters. The molecule has 0 spiro atoms. The molecule has 1 aliphatic rings. The fraction of sp³-hybridized carbons (Fsp3) is 0.395. The molecule has 0 amide bonds. The summed E-state index contributed by atoms with van der Waals surface area (Å²) in [6, 6.07) is 15.7. The van der Waals surface area contributed by atoms with Crippen molar-refractivity contribution in [1.29, 1.82) is 0 Å². The molecule has 16 heteroatoms. The van der Waals surface area contributed by atoms with E-state index in [4.69, 9.17) is 28.8 Å². The topological polar surface area (TPSA) is 95.5 Å². The summed E-state index contributed by atoms with van der Waals surface area (Å²) in [7, 11) is 1.82. The van der Waals surface area contributed by atoms with Crippen LogP contribution in [0.3, 0.4) is 0 Å². The molecule has 54 heavy (non-hydrogen) atoms. The molecule has 2 aromatic carbocycles. The second-order valence-corrected chi connectivity index (χ2v) is 14.7. The average Bonchev–Trinajstić information content (AvgIpc) is 3.73. The van der Waals surface area contributed by atoms with Crippen molar-refractivity contribution >= 4 is 39.8 Å². The van der Waals surface area contributed by atoms with Gasteiger partial charge < -0.3 is 34.1 Å². The Hall–Kier alpha value is -3.93. The SMILES string of the molecule is CNCCOCCOc1ccc(-c2cc(C3=C(c4cc(-c5ccc(OCCOCCOCC(=O)O)cc5)sc4C)C(F)(F)C(F)(F)C3(F)F)c(C)s2)cc1. The zero-order chi connectivity index (χ0) is 39.1. The first-order valence-corrected chi connectivity index (χ1v) is 18.5. The zero-order valence-corrected chi connectivity index (χ0v) is 31.3. The Morgan fingerprint density at radius 1 is 0.648 bits per heavy atom. The third-order valence-electron chi connectivity index (χ3n) is 8.41. The van der Waals surface area contributed by atoms with Crippen molar-refractivity contribution in [3.05, 3.63) is 81.5 Å². The summed E-state index contributed by atoms with van der Waals surface area (Å²) in [5.74, 6) is -16.1. The molecule has 0 unspecified atom stereocenters. The Morgan fingerprint density at radius 2 is 1.06 bits per heavy atom. The molecule has 4 aromatic rings. The van der Waals surface area contributed by atoms with Gasteiger partial charge in [-0.1, -0.05) is 0 Å². The highest BCUT2D eigenvalue weighted by Gasteiger charge is 2.80. The first-order valence-electron chi connectivity index (χ1n) is 16.9. The van der Waals surface area contributed by atoms with Crippen molar-refractivity contribution in [3.63, 3.8) is 0 Å². The van der Waals surface area contributed by atoms with E-state index in [0.29, 0.717) is 58.7 Å². The van der Waals surface area contributed by atoms with Crippen LogP contribution >= 0.6 is 22.7 Å². The minimum absolute atomic E-state index is 0.108. The lowest BCUT2D eigenvalue weighted by atomic mass is 9.94. The summed E-state index contributed by atoms with van der Waals surface area (Å²) in [5.41, 5.74) is -2.40. The fourth-order valence-electron chi connectivity index (χ4n) is 5.70. The Labute approximate surface area is 316 Å². The zero-order valence-electron chi connectivity index (χ0n) is 29.6. The van der Waals surface area contributed by atoms with Crippen LogP contribution in [-0.2, 0) is 19.0 Å². The molecule has 8 nitrogen and oxygen atoms in total. The lowest BCUT2D eigenvalue weighted by molar-refractivity contribution is -0.254. The molecule has 2 N–H and O–H groups in total. The molecule has 2 heterocycles. The van der Waals surface area contributed by atoms with Gasteiger partial charge in [0.15, 0.2) is 0 Å². The Morgan fingerprint density at radius 3 is 1.48 bits per heavy atom. The monoisotopic (exact) mass is 799 g/mol. The van der Waals surface area contributed by atoms with Gasteiger partial charge in [0.1, 0.15) is 31.3 Å². The number of carbonyl (C=O) groups is 1. The predicted molar refractivity (Wildman–Crippen MR) is 196 cm³/mol. The van der Waals surface area contributed by atoms with Gasteiger partial charge in [-0.2, -0.15) is 26.3 Å². The molecule has 2 aromatic heterocycles. The number of hydrogen-bond donors (Lipinski definition) is 2. The van der Waals surface area contributed by atoms with Crippen LogP contribution in [0.5, 0.6) is 11.5 Å². The van der Waals surface area contributed by atoms with E-state index < -0.39 is 41.5 Å². The summed E-state index contributed by atoms with van der Waals surface area (Å²) in [5, 5.41) is 11.5. The van der Waals surface area contributed by atoms with Crippen molar-refractivity contribution in [1.82, 2.24) is 5.32 Å². The molecule has 1 aliphatic carbocycles. The molecule has 0 fully saturated rings. The number of ether oxygens (including phenoxy) is 5. The number of thiophene rings is 2. The molecule has 292 valence electrons. The summed E-state index contributed by atoms with van der Waals surface area (Å²) in [6.45, 7) is 5.03. The van der Waals surface area contributed by atoms with Crippen molar-refractivity contribution in [3.8, 4) is 32.4 Å². The van der Waals surface area contributed by atoms with Crippen LogP contribution in [0.2, 0.25) is 0 Å². The van der Waals surface area contributed by atoms with E-state index in [1.807, 2.05) is 7.05 Å². The maximum absolute atomic E-state index is 15.7. The number of aryl methyl sites for hydroxylation is 2. The summed E-state index contributed by atoms with van der Waals surface area (Å²) in [6.07, 6.45) is 0. The highest BCUT2D eigenvalue weighted by atomic mass is 32.1. The summed E-state index contributed by atoms with van der Waals surface area (Å²) in [4.78, 5) is 11.7. The highest BCUT2D eigenvalue weighted by molar-refractivity contribution is 7.16. The number of hydrogen-bond acceptors (Lipinski definition) is 9. The van der Waals surface area contributed by atoms with Crippen LogP contribution in [0.4, 0.5) is 26.3 Å². The summed E-state index contributed by atoms with van der Waals surface area (Å²) >= 11 is 2.06. The first kappa shape index (κ1) is 41.2. The lowest BCUT2D eigenvalue weighted by Gasteiger charge is -2.25. The van der Waals surface area contributed by atoms with E-state index >= 15 is 26.3 Å². The van der Waals surface area contributed by atoms with Gasteiger partial charge in [-0.05, 0) is 104 Å². The Balaban J connectivity index is 1.36. The standard InChI is InChI=1S/C38H39F6NO7S2/c1-23-29(20-31(53-23)25-4-8-27(9-5-25)51-18-16-48-13-12-45-3)34-35(37(41,42)38(43,44)36(34,39)40)30-21-32(54-24(30)2)26-6-10-28(11-7-26)52-19-17-49-14-15-50-22-33(46)47/h4-11,20-21,45H,12-19,22H2,1-3H3,(H,46,47). The number of alkyl halides is 6. The summed E-state index contributed by atoms with van der Waals surface area (Å²) < 4.78 is 120. The molecule has 0 bridgehead atoms. The van der Waals surface area contributed by atoms with Crippen LogP contribution < -0.4 is 14.8 Å². The van der Waals surface area contributed by atoms with Crippen molar-refractivity contribution in [2.24, 2.45) is 0 Å². The van der Waals surface area contributed by atoms with Crippen molar-refractivity contribution in [2.45, 2.75) is 31.6 Å². The van der Waals surface area contributed by atoms with Gasteiger partial charge in [0.05, 0.1) is 33.0 Å². The number of nitrogens with one attached hydrogen (secondary N) is 1. The largest absolute Gasteiger partial charge is 0.491 e. The molecule has 0 aliphatic heterocycles. The first-order chi connectivity index (χ1) is 25.7. The third-order valence-corrected chi connectivity index (χ3v) is 10.6. The number of likely N-dealkylation sites (N-methyl/N-ethyl adjacent to an activating group) is 1. The minimum atomic E-state index is -5.68. The number of halogens is 6. The predicted octanol–water partition coefficient (Wildman–Crippen LogP) is 8.70. The van der Waals surface area contributed by atoms with E-state index in [1.54, 1.807) is 48.5 Å². The van der Waals surface area contributed by atoms with Gasteiger partial charge in [-0.3, -0.25) is 0 Å². The molecule has 0 saturated carbocycles. The van der Waals surface area contributed by atoms with Gasteiger partial charge >= 0.3 is 23.7 Å². The molecular weight excluding hydrogens is 761 g/mol. The van der Waals surface area contributed by atoms with Crippen LogP contribution in [0.15, 0.2) is 60.7 Å². The van der Waals surface area contributed by atoms with Gasteiger partial charge in [0, 0.05) is 37.2 Å². The second kappa shape index (κ2) is 17.7. The van der Waals surface area contributed by atoms with Crippen LogP contribution in [0.1, 0.15) is 20.9 Å². The number of carboxylic acid groups (broad SMARTS) is 1. The Kier molecular flexibility index (Phi) is 13.5. The number of allylic oxidation sites excluding steroid dienone is 2. The highest BCUT2D eigenvalue weighted by Crippen LogP contribution is 2.66. The quantitative estimate of drug-likeness (QED) is 0.0678. The van der Waals surface area contributed by atoms with E-state index in [9.17, 15) is 4.79 Å². The molecular formula is C38H39F6NO7S2. The number of carboxylic acids is 1. The van der Waals surface area contributed by atoms with Gasteiger partial charge in [-0.15, -0.1) is 22.7 Å². The number of rotatable bonds is 20. The minimum Gasteiger partial charge on any atom is -0.491 e. The van der Waals surface area contributed by atoms with Gasteiger partial charge in [0.25, 0.3) is 0 Å². The molecule has 5 rings (SSSR count). The van der Waals surface area contributed by atoms with E-state index in [0.717, 1.165) is 22.7 Å². The van der Waals surface area contributed by atoms with Crippen LogP contribution in [0.25, 0.3) is 32.0 Å². The van der Waals surface area contributed by atoms with Crippen LogP contribution in [-0.4, -0.2) is 95.3 Å². The molecule has 0 saturated heterocycles.